The van der Waals surface area contributed by atoms with Crippen molar-refractivity contribution in [3.8, 4) is 0 Å². The number of carbonyl (C=O) groups excluding carboxylic acids is 2. The molecular weight excluding hydrogens is 256 g/mol. The summed E-state index contributed by atoms with van der Waals surface area (Å²) in [5, 5.41) is 7.01. The standard InChI is InChI=1S/C11H18N2O4S/c1-3-16-7-9(8(2)14)10(15)17-5-4-6-18-11(12)13/h7H,3-6H2,1-2H3,(H3,12,13). The number of esters is 1. The van der Waals surface area contributed by atoms with Gasteiger partial charge in [-0.25, -0.2) is 4.79 Å². The van der Waals surface area contributed by atoms with Gasteiger partial charge in [0.1, 0.15) is 11.8 Å². The molecule has 0 atom stereocenters. The highest BCUT2D eigenvalue weighted by Gasteiger charge is 2.16. The topological polar surface area (TPSA) is 102 Å². The van der Waals surface area contributed by atoms with E-state index < -0.39 is 11.8 Å². The number of nitrogens with two attached hydrogens (primary N) is 1. The van der Waals surface area contributed by atoms with Crippen LogP contribution in [0.5, 0.6) is 0 Å². The lowest BCUT2D eigenvalue weighted by molar-refractivity contribution is -0.140. The molecule has 0 aromatic heterocycles. The summed E-state index contributed by atoms with van der Waals surface area (Å²) in [6.45, 7) is 3.57. The lowest BCUT2D eigenvalue weighted by Crippen LogP contribution is -2.15. The Hall–Kier alpha value is -1.50. The molecule has 0 aliphatic carbocycles. The lowest BCUT2D eigenvalue weighted by atomic mass is 10.2. The quantitative estimate of drug-likeness (QED) is 0.100. The number of thioether (sulfide) groups is 1. The molecule has 0 amide bonds. The summed E-state index contributed by atoms with van der Waals surface area (Å²) < 4.78 is 9.82. The van der Waals surface area contributed by atoms with Crippen molar-refractivity contribution in [2.75, 3.05) is 19.0 Å². The van der Waals surface area contributed by atoms with Crippen molar-refractivity contribution in [1.82, 2.24) is 0 Å². The maximum atomic E-state index is 11.5. The van der Waals surface area contributed by atoms with Gasteiger partial charge in [-0.2, -0.15) is 0 Å². The Morgan fingerprint density at radius 1 is 1.44 bits per heavy atom. The van der Waals surface area contributed by atoms with Crippen molar-refractivity contribution in [1.29, 1.82) is 5.41 Å². The van der Waals surface area contributed by atoms with Crippen LogP contribution < -0.4 is 5.73 Å². The number of rotatable bonds is 8. The van der Waals surface area contributed by atoms with Crippen LogP contribution in [0, 0.1) is 5.41 Å². The second-order valence-corrected chi connectivity index (χ2v) is 4.38. The molecule has 0 saturated carbocycles. The molecule has 0 aromatic rings. The predicted molar refractivity (Wildman–Crippen MR) is 70.3 cm³/mol. The first-order valence-electron chi connectivity index (χ1n) is 5.45. The second-order valence-electron chi connectivity index (χ2n) is 3.25. The molecule has 0 aliphatic rings. The van der Waals surface area contributed by atoms with Crippen LogP contribution in [0.3, 0.4) is 0 Å². The Morgan fingerprint density at radius 2 is 2.11 bits per heavy atom. The first kappa shape index (κ1) is 16.5. The van der Waals surface area contributed by atoms with Crippen molar-refractivity contribution in [3.63, 3.8) is 0 Å². The molecule has 0 fully saturated rings. The maximum absolute atomic E-state index is 11.5. The molecule has 102 valence electrons. The molecule has 0 bridgehead atoms. The van der Waals surface area contributed by atoms with E-state index in [0.717, 1.165) is 6.26 Å². The monoisotopic (exact) mass is 274 g/mol. The Kier molecular flexibility index (Phi) is 8.73. The summed E-state index contributed by atoms with van der Waals surface area (Å²) in [5.74, 6) is -0.497. The number of hydrogen-bond donors (Lipinski definition) is 2. The highest BCUT2D eigenvalue weighted by molar-refractivity contribution is 8.13. The fraction of sp³-hybridized carbons (Fsp3) is 0.545. The second kappa shape index (κ2) is 9.52. The first-order valence-corrected chi connectivity index (χ1v) is 6.44. The molecule has 0 spiro atoms. The number of ether oxygens (including phenoxy) is 2. The van der Waals surface area contributed by atoms with E-state index in [1.54, 1.807) is 6.92 Å². The first-order chi connectivity index (χ1) is 8.49. The van der Waals surface area contributed by atoms with Crippen LogP contribution >= 0.6 is 11.8 Å². The molecule has 0 heterocycles. The summed E-state index contributed by atoms with van der Waals surface area (Å²) >= 11 is 1.18. The van der Waals surface area contributed by atoms with Crippen LogP contribution in [0.15, 0.2) is 11.8 Å². The van der Waals surface area contributed by atoms with E-state index in [-0.39, 0.29) is 17.3 Å². The Bertz CT molecular complexity index is 342. The molecule has 0 aromatic carbocycles. The molecule has 0 rings (SSSR count). The molecular formula is C11H18N2O4S. The third kappa shape index (κ3) is 7.72. The Morgan fingerprint density at radius 3 is 2.61 bits per heavy atom. The Balaban J connectivity index is 4.04. The van der Waals surface area contributed by atoms with Crippen LogP contribution in [0.2, 0.25) is 0 Å². The minimum Gasteiger partial charge on any atom is -0.500 e. The summed E-state index contributed by atoms with van der Waals surface area (Å²) in [7, 11) is 0. The zero-order valence-corrected chi connectivity index (χ0v) is 11.3. The zero-order chi connectivity index (χ0) is 14.0. The molecule has 0 saturated heterocycles. The third-order valence-corrected chi connectivity index (χ3v) is 2.55. The van der Waals surface area contributed by atoms with Crippen LogP contribution in [0.1, 0.15) is 20.3 Å². The average Bonchev–Trinajstić information content (AvgIpc) is 2.28. The van der Waals surface area contributed by atoms with Gasteiger partial charge in [0, 0.05) is 5.75 Å². The van der Waals surface area contributed by atoms with E-state index >= 15 is 0 Å². The maximum Gasteiger partial charge on any atom is 0.344 e. The average molecular weight is 274 g/mol. The van der Waals surface area contributed by atoms with E-state index in [1.165, 1.54) is 18.7 Å². The van der Waals surface area contributed by atoms with E-state index in [0.29, 0.717) is 18.8 Å². The van der Waals surface area contributed by atoms with Crippen molar-refractivity contribution in [2.24, 2.45) is 5.73 Å². The third-order valence-electron chi connectivity index (χ3n) is 1.75. The van der Waals surface area contributed by atoms with Crippen LogP contribution in [-0.4, -0.2) is 35.9 Å². The molecule has 3 N–H and O–H groups in total. The number of hydrogen-bond acceptors (Lipinski definition) is 6. The van der Waals surface area contributed by atoms with Gasteiger partial charge >= 0.3 is 5.97 Å². The fourth-order valence-corrected chi connectivity index (χ4v) is 1.41. The van der Waals surface area contributed by atoms with Crippen molar-refractivity contribution in [2.45, 2.75) is 20.3 Å². The van der Waals surface area contributed by atoms with Crippen LogP contribution in [0.4, 0.5) is 0 Å². The smallest absolute Gasteiger partial charge is 0.344 e. The van der Waals surface area contributed by atoms with Gasteiger partial charge in [-0.05, 0) is 20.3 Å². The van der Waals surface area contributed by atoms with Gasteiger partial charge in [0.2, 0.25) is 0 Å². The largest absolute Gasteiger partial charge is 0.500 e. The summed E-state index contributed by atoms with van der Waals surface area (Å²) in [6.07, 6.45) is 1.69. The van der Waals surface area contributed by atoms with Gasteiger partial charge in [0.05, 0.1) is 13.2 Å². The normalized spacial score (nSPS) is 10.9. The van der Waals surface area contributed by atoms with E-state index in [1.807, 2.05) is 0 Å². The fourth-order valence-electron chi connectivity index (χ4n) is 0.925. The number of nitrogens with one attached hydrogen (secondary N) is 1. The molecule has 0 radical (unpaired) electrons. The lowest BCUT2D eigenvalue weighted by Gasteiger charge is -2.06. The molecule has 0 aliphatic heterocycles. The molecule has 7 heteroatoms. The van der Waals surface area contributed by atoms with Crippen molar-refractivity contribution < 1.29 is 19.1 Å². The zero-order valence-electron chi connectivity index (χ0n) is 10.5. The predicted octanol–water partition coefficient (Wildman–Crippen LogP) is 1.06. The van der Waals surface area contributed by atoms with Gasteiger partial charge in [-0.3, -0.25) is 10.2 Å². The SMILES string of the molecule is CCOC=C(C(C)=O)C(=O)OCCCSC(=N)N. The molecule has 6 nitrogen and oxygen atoms in total. The van der Waals surface area contributed by atoms with Gasteiger partial charge in [-0.15, -0.1) is 0 Å². The minimum atomic E-state index is -0.691. The number of amidine groups is 1. The summed E-state index contributed by atoms with van der Waals surface area (Å²) in [5.41, 5.74) is 5.04. The van der Waals surface area contributed by atoms with E-state index in [2.05, 4.69) is 0 Å². The highest BCUT2D eigenvalue weighted by Crippen LogP contribution is 2.04. The van der Waals surface area contributed by atoms with E-state index in [4.69, 9.17) is 20.6 Å². The van der Waals surface area contributed by atoms with Gasteiger partial charge < -0.3 is 15.2 Å². The van der Waals surface area contributed by atoms with Gasteiger partial charge in [-0.1, -0.05) is 11.8 Å². The van der Waals surface area contributed by atoms with Gasteiger partial charge in [0.25, 0.3) is 0 Å². The summed E-state index contributed by atoms with van der Waals surface area (Å²) in [4.78, 5) is 22.7. The van der Waals surface area contributed by atoms with Crippen molar-refractivity contribution in [3.05, 3.63) is 11.8 Å². The Labute approximate surface area is 110 Å². The number of ketones is 1. The van der Waals surface area contributed by atoms with Crippen LogP contribution in [0.25, 0.3) is 0 Å². The van der Waals surface area contributed by atoms with Crippen molar-refractivity contribution >= 4 is 28.7 Å². The molecule has 18 heavy (non-hydrogen) atoms. The van der Waals surface area contributed by atoms with E-state index in [9.17, 15) is 9.59 Å². The minimum absolute atomic E-state index is 0.0296. The summed E-state index contributed by atoms with van der Waals surface area (Å²) in [6, 6.07) is 0. The highest BCUT2D eigenvalue weighted by atomic mass is 32.2. The van der Waals surface area contributed by atoms with Crippen LogP contribution in [-0.2, 0) is 19.1 Å². The number of carbonyl (C=O) groups is 2. The number of Topliss-reactive ketones (excluding diaryl/α,β-unsaturated/α-hetero) is 1. The van der Waals surface area contributed by atoms with Gasteiger partial charge in [0.15, 0.2) is 11.0 Å². The molecule has 0 unspecified atom stereocenters.